The molecule has 2 aromatic rings. The van der Waals surface area contributed by atoms with E-state index in [1.165, 1.54) is 18.9 Å². The average Bonchev–Trinajstić information content (AvgIpc) is 3.26. The predicted octanol–water partition coefficient (Wildman–Crippen LogP) is 4.22. The second-order valence-electron chi connectivity index (χ2n) is 4.99. The van der Waals surface area contributed by atoms with Gasteiger partial charge in [-0.3, -0.25) is 4.79 Å². The zero-order chi connectivity index (χ0) is 15.5. The van der Waals surface area contributed by atoms with Crippen molar-refractivity contribution in [2.75, 3.05) is 5.32 Å². The maximum absolute atomic E-state index is 12.2. The fraction of sp³-hybridized carbons (Fsp3) is 0.188. The summed E-state index contributed by atoms with van der Waals surface area (Å²) in [6, 6.07) is 8.81. The Morgan fingerprint density at radius 1 is 1.45 bits per heavy atom. The minimum absolute atomic E-state index is 0.00701. The van der Waals surface area contributed by atoms with E-state index in [0.717, 1.165) is 5.01 Å². The highest BCUT2D eigenvalue weighted by molar-refractivity contribution is 7.09. The van der Waals surface area contributed by atoms with Crippen molar-refractivity contribution in [1.82, 2.24) is 4.98 Å². The van der Waals surface area contributed by atoms with Crippen molar-refractivity contribution in [2.45, 2.75) is 18.8 Å². The Kier molecular flexibility index (Phi) is 4.23. The number of thiazole rings is 1. The first-order valence-electron chi connectivity index (χ1n) is 6.80. The molecular weight excluding hydrogens is 318 g/mol. The quantitative estimate of drug-likeness (QED) is 0.674. The summed E-state index contributed by atoms with van der Waals surface area (Å²) in [7, 11) is 0. The van der Waals surface area contributed by atoms with Crippen LogP contribution in [0.2, 0.25) is 5.02 Å². The van der Waals surface area contributed by atoms with Crippen molar-refractivity contribution < 1.29 is 4.79 Å². The van der Waals surface area contributed by atoms with E-state index >= 15 is 0 Å². The van der Waals surface area contributed by atoms with Gasteiger partial charge in [-0.05, 0) is 31.1 Å². The van der Waals surface area contributed by atoms with E-state index in [-0.39, 0.29) is 5.57 Å². The summed E-state index contributed by atoms with van der Waals surface area (Å²) < 4.78 is 0. The van der Waals surface area contributed by atoms with Gasteiger partial charge < -0.3 is 5.32 Å². The summed E-state index contributed by atoms with van der Waals surface area (Å²) in [4.78, 5) is 16.6. The second-order valence-corrected chi connectivity index (χ2v) is 6.29. The fourth-order valence-corrected chi connectivity index (χ4v) is 3.06. The predicted molar refractivity (Wildman–Crippen MR) is 87.8 cm³/mol. The highest BCUT2D eigenvalue weighted by Gasteiger charge is 2.26. The van der Waals surface area contributed by atoms with Crippen LogP contribution in [0.1, 0.15) is 29.5 Å². The zero-order valence-electron chi connectivity index (χ0n) is 11.5. The third-order valence-electron chi connectivity index (χ3n) is 3.25. The van der Waals surface area contributed by atoms with E-state index in [2.05, 4.69) is 10.3 Å². The molecule has 1 aliphatic rings. The molecule has 110 valence electrons. The van der Waals surface area contributed by atoms with Crippen LogP contribution in [0, 0.1) is 11.3 Å². The number of aromatic nitrogens is 1. The van der Waals surface area contributed by atoms with Crippen LogP contribution >= 0.6 is 22.9 Å². The Balaban J connectivity index is 1.77. The third-order valence-corrected chi connectivity index (χ3v) is 4.60. The molecule has 0 atom stereocenters. The molecule has 1 aromatic carbocycles. The number of carbonyl (C=O) groups is 1. The van der Waals surface area contributed by atoms with Crippen LogP contribution in [-0.2, 0) is 4.79 Å². The van der Waals surface area contributed by atoms with E-state index in [0.29, 0.717) is 22.3 Å². The molecule has 0 aliphatic heterocycles. The molecule has 0 unspecified atom stereocenters. The van der Waals surface area contributed by atoms with Gasteiger partial charge in [0, 0.05) is 11.3 Å². The molecule has 3 rings (SSSR count). The first-order valence-corrected chi connectivity index (χ1v) is 8.06. The molecule has 1 fully saturated rings. The number of nitriles is 1. The number of rotatable bonds is 4. The Bertz CT molecular complexity index is 787. The summed E-state index contributed by atoms with van der Waals surface area (Å²) >= 11 is 7.57. The lowest BCUT2D eigenvalue weighted by atomic mass is 10.2. The topological polar surface area (TPSA) is 65.8 Å². The Hall–Kier alpha value is -2.16. The Morgan fingerprint density at radius 2 is 2.23 bits per heavy atom. The number of carbonyl (C=O) groups excluding carboxylic acids is 1. The fourth-order valence-electron chi connectivity index (χ4n) is 1.93. The smallest absolute Gasteiger partial charge is 0.266 e. The van der Waals surface area contributed by atoms with Gasteiger partial charge in [-0.15, -0.1) is 11.3 Å². The SMILES string of the molecule is N#C/C(=C/c1csc(C2CC2)n1)C(=O)Nc1ccccc1Cl. The number of amides is 1. The molecule has 0 radical (unpaired) electrons. The minimum Gasteiger partial charge on any atom is -0.320 e. The van der Waals surface area contributed by atoms with Gasteiger partial charge in [-0.2, -0.15) is 5.26 Å². The second kappa shape index (κ2) is 6.30. The number of anilines is 1. The number of halogens is 1. The Labute approximate surface area is 137 Å². The molecule has 1 N–H and O–H groups in total. The molecule has 22 heavy (non-hydrogen) atoms. The number of nitrogens with zero attached hydrogens (tertiary/aromatic N) is 2. The summed E-state index contributed by atoms with van der Waals surface area (Å²) in [5.74, 6) is 0.0752. The summed E-state index contributed by atoms with van der Waals surface area (Å²) in [5, 5.41) is 15.2. The van der Waals surface area contributed by atoms with Crippen LogP contribution in [0.25, 0.3) is 6.08 Å². The van der Waals surface area contributed by atoms with Crippen molar-refractivity contribution in [3.8, 4) is 6.07 Å². The van der Waals surface area contributed by atoms with Crippen LogP contribution in [0.5, 0.6) is 0 Å². The molecule has 1 amide bonds. The van der Waals surface area contributed by atoms with Crippen molar-refractivity contribution in [1.29, 1.82) is 5.26 Å². The Morgan fingerprint density at radius 3 is 2.91 bits per heavy atom. The highest BCUT2D eigenvalue weighted by atomic mass is 35.5. The zero-order valence-corrected chi connectivity index (χ0v) is 13.1. The van der Waals surface area contributed by atoms with Gasteiger partial charge in [0.1, 0.15) is 11.6 Å². The van der Waals surface area contributed by atoms with E-state index in [9.17, 15) is 10.1 Å². The van der Waals surface area contributed by atoms with Crippen LogP contribution in [0.15, 0.2) is 35.2 Å². The molecule has 1 aliphatic carbocycles. The van der Waals surface area contributed by atoms with Gasteiger partial charge in [-0.25, -0.2) is 4.98 Å². The van der Waals surface area contributed by atoms with Gasteiger partial charge in [0.25, 0.3) is 5.91 Å². The standard InChI is InChI=1S/C16H12ClN3OS/c17-13-3-1-2-4-14(13)20-15(21)11(8-18)7-12-9-22-16(19-12)10-5-6-10/h1-4,7,9-10H,5-6H2,(H,20,21)/b11-7-. The first-order chi connectivity index (χ1) is 10.7. The maximum Gasteiger partial charge on any atom is 0.266 e. The maximum atomic E-state index is 12.2. The monoisotopic (exact) mass is 329 g/mol. The molecule has 1 heterocycles. The van der Waals surface area contributed by atoms with Crippen LogP contribution in [0.3, 0.4) is 0 Å². The number of hydrogen-bond acceptors (Lipinski definition) is 4. The molecule has 1 saturated carbocycles. The molecule has 0 saturated heterocycles. The van der Waals surface area contributed by atoms with E-state index in [1.54, 1.807) is 35.6 Å². The lowest BCUT2D eigenvalue weighted by Crippen LogP contribution is -2.13. The number of para-hydroxylation sites is 1. The summed E-state index contributed by atoms with van der Waals surface area (Å²) in [6.07, 6.45) is 3.86. The van der Waals surface area contributed by atoms with Gasteiger partial charge in [-0.1, -0.05) is 23.7 Å². The van der Waals surface area contributed by atoms with Gasteiger partial charge >= 0.3 is 0 Å². The number of hydrogen-bond donors (Lipinski definition) is 1. The van der Waals surface area contributed by atoms with E-state index < -0.39 is 5.91 Å². The molecule has 0 bridgehead atoms. The van der Waals surface area contributed by atoms with Crippen LogP contribution < -0.4 is 5.32 Å². The van der Waals surface area contributed by atoms with Crippen molar-refractivity contribution in [2.24, 2.45) is 0 Å². The van der Waals surface area contributed by atoms with E-state index in [1.807, 2.05) is 11.4 Å². The van der Waals surface area contributed by atoms with Gasteiger partial charge in [0.2, 0.25) is 0 Å². The number of nitrogens with one attached hydrogen (secondary N) is 1. The molecule has 0 spiro atoms. The van der Waals surface area contributed by atoms with Crippen molar-refractivity contribution in [3.63, 3.8) is 0 Å². The third kappa shape index (κ3) is 3.35. The van der Waals surface area contributed by atoms with E-state index in [4.69, 9.17) is 11.6 Å². The van der Waals surface area contributed by atoms with Gasteiger partial charge in [0.15, 0.2) is 0 Å². The van der Waals surface area contributed by atoms with Crippen LogP contribution in [0.4, 0.5) is 5.69 Å². The van der Waals surface area contributed by atoms with Crippen molar-refractivity contribution >= 4 is 40.6 Å². The summed E-state index contributed by atoms with van der Waals surface area (Å²) in [6.45, 7) is 0. The normalized spacial score (nSPS) is 14.5. The molecule has 4 nitrogen and oxygen atoms in total. The lowest BCUT2D eigenvalue weighted by Gasteiger charge is -2.05. The first kappa shape index (κ1) is 14.8. The van der Waals surface area contributed by atoms with Gasteiger partial charge in [0.05, 0.1) is 21.4 Å². The van der Waals surface area contributed by atoms with Crippen LogP contribution in [-0.4, -0.2) is 10.9 Å². The highest BCUT2D eigenvalue weighted by Crippen LogP contribution is 2.41. The molecule has 6 heteroatoms. The molecular formula is C16H12ClN3OS. The minimum atomic E-state index is -0.489. The largest absolute Gasteiger partial charge is 0.320 e. The average molecular weight is 330 g/mol. The number of benzene rings is 1. The molecule has 1 aromatic heterocycles. The summed E-state index contributed by atoms with van der Waals surface area (Å²) in [5.41, 5.74) is 1.14. The lowest BCUT2D eigenvalue weighted by molar-refractivity contribution is -0.112. The van der Waals surface area contributed by atoms with Crippen molar-refractivity contribution in [3.05, 3.63) is 50.9 Å².